The predicted octanol–water partition coefficient (Wildman–Crippen LogP) is 3.45. The third-order valence-electron chi connectivity index (χ3n) is 5.30. The normalized spacial score (nSPS) is 19.6. The number of nitrogens with zero attached hydrogens (tertiary/aromatic N) is 1. The van der Waals surface area contributed by atoms with Gasteiger partial charge in [0.05, 0.1) is 42.3 Å². The highest BCUT2D eigenvalue weighted by atomic mass is 32.2. The average Bonchev–Trinajstić information content (AvgIpc) is 2.89. The Hall–Kier alpha value is -2.70. The summed E-state index contributed by atoms with van der Waals surface area (Å²) in [6.07, 6.45) is -5.49. The number of benzene rings is 2. The Morgan fingerprint density at radius 1 is 1.12 bits per heavy atom. The van der Waals surface area contributed by atoms with Crippen LogP contribution < -0.4 is 11.2 Å². The van der Waals surface area contributed by atoms with E-state index in [2.05, 4.69) is 0 Å². The molecule has 178 valence electrons. The second-order valence-corrected chi connectivity index (χ2v) is 9.64. The van der Waals surface area contributed by atoms with E-state index in [1.165, 1.54) is 13.2 Å². The number of hydrogen-bond donors (Lipinski definition) is 2. The van der Waals surface area contributed by atoms with Gasteiger partial charge in [0.15, 0.2) is 0 Å². The highest BCUT2D eigenvalue weighted by molar-refractivity contribution is 8.17. The van der Waals surface area contributed by atoms with Gasteiger partial charge in [-0.1, -0.05) is 0 Å². The zero-order chi connectivity index (χ0) is 23.9. The first-order valence-corrected chi connectivity index (χ1v) is 11.3. The van der Waals surface area contributed by atoms with Crippen LogP contribution in [-0.2, 0) is 22.2 Å². The fraction of sp³-hybridized carbons (Fsp3) is 0.333. The standard InChI is InChI=1S/C21H19F5N2O4S/c1-31-4-5-32-13-9-28-18-14(19(29)27-20(28)30)6-11(21(24,25)26)7-17(18)33(10-13)16-3-2-12(22)8-15(16)23/h2-3,6-8,13,33H,4-5,9-10H2,1H3,(H,27,29,30)/t13-/m1/s1. The van der Waals surface area contributed by atoms with E-state index in [9.17, 15) is 31.5 Å². The minimum Gasteiger partial charge on any atom is -0.382 e. The first kappa shape index (κ1) is 23.5. The molecule has 2 atom stereocenters. The maximum atomic E-state index is 14.8. The number of thiol groups is 1. The van der Waals surface area contributed by atoms with Gasteiger partial charge in [-0.3, -0.25) is 14.3 Å². The van der Waals surface area contributed by atoms with Gasteiger partial charge in [0.1, 0.15) is 11.6 Å². The monoisotopic (exact) mass is 490 g/mol. The Morgan fingerprint density at radius 3 is 2.55 bits per heavy atom. The molecule has 0 bridgehead atoms. The Labute approximate surface area is 186 Å². The second kappa shape index (κ2) is 8.92. The van der Waals surface area contributed by atoms with E-state index >= 15 is 0 Å². The quantitative estimate of drug-likeness (QED) is 0.327. The molecule has 12 heteroatoms. The lowest BCUT2D eigenvalue weighted by Gasteiger charge is -2.26. The molecule has 6 nitrogen and oxygen atoms in total. The lowest BCUT2D eigenvalue weighted by Crippen LogP contribution is -2.34. The number of ether oxygens (including phenoxy) is 2. The van der Waals surface area contributed by atoms with Crippen molar-refractivity contribution in [3.8, 4) is 0 Å². The zero-order valence-electron chi connectivity index (χ0n) is 17.2. The topological polar surface area (TPSA) is 73.3 Å². The minimum atomic E-state index is -4.79. The van der Waals surface area contributed by atoms with Crippen LogP contribution in [0.4, 0.5) is 22.0 Å². The van der Waals surface area contributed by atoms with Crippen LogP contribution in [0.15, 0.2) is 49.7 Å². The Kier molecular flexibility index (Phi) is 6.34. The number of H-pyrrole nitrogens is 1. The molecule has 33 heavy (non-hydrogen) atoms. The van der Waals surface area contributed by atoms with Crippen LogP contribution in [0.5, 0.6) is 0 Å². The van der Waals surface area contributed by atoms with Gasteiger partial charge in [0.25, 0.3) is 5.56 Å². The molecular formula is C21H19F5N2O4S. The summed E-state index contributed by atoms with van der Waals surface area (Å²) in [6.45, 7) is 0.276. The third kappa shape index (κ3) is 4.55. The smallest absolute Gasteiger partial charge is 0.382 e. The van der Waals surface area contributed by atoms with Crippen molar-refractivity contribution in [1.82, 2.24) is 9.55 Å². The molecule has 1 aliphatic rings. The van der Waals surface area contributed by atoms with Crippen LogP contribution >= 0.6 is 10.9 Å². The van der Waals surface area contributed by atoms with Crippen LogP contribution in [-0.4, -0.2) is 41.7 Å². The van der Waals surface area contributed by atoms with Crippen molar-refractivity contribution in [1.29, 1.82) is 0 Å². The zero-order valence-corrected chi connectivity index (χ0v) is 18.1. The van der Waals surface area contributed by atoms with E-state index in [-0.39, 0.29) is 46.2 Å². The number of halogens is 5. The fourth-order valence-electron chi connectivity index (χ4n) is 3.85. The summed E-state index contributed by atoms with van der Waals surface area (Å²) in [5.41, 5.74) is -2.91. The summed E-state index contributed by atoms with van der Waals surface area (Å²) in [7, 11) is -0.440. The number of nitrogens with one attached hydrogen (secondary N) is 1. The van der Waals surface area contributed by atoms with Crippen LogP contribution in [0.3, 0.4) is 0 Å². The molecule has 0 amide bonds. The van der Waals surface area contributed by atoms with Gasteiger partial charge < -0.3 is 9.47 Å². The molecule has 1 aliphatic heterocycles. The molecule has 0 spiro atoms. The SMILES string of the molecule is COCCO[C@@H]1Cn2c(=O)[nH]c(=O)c3cc(C(F)(F)F)cc(c32)[SH](c2ccc(F)cc2F)C1. The number of aromatic amines is 1. The molecule has 0 saturated heterocycles. The maximum Gasteiger partial charge on any atom is 0.416 e. The number of aromatic nitrogens is 2. The molecule has 4 rings (SSSR count). The first-order chi connectivity index (χ1) is 15.6. The van der Waals surface area contributed by atoms with Crippen LogP contribution in [0.25, 0.3) is 10.9 Å². The molecule has 0 radical (unpaired) electrons. The van der Waals surface area contributed by atoms with Crippen molar-refractivity contribution in [2.45, 2.75) is 28.6 Å². The molecule has 1 unspecified atom stereocenters. The third-order valence-corrected chi connectivity index (χ3v) is 7.94. The Morgan fingerprint density at radius 2 is 1.88 bits per heavy atom. The molecule has 2 aromatic carbocycles. The molecule has 0 aliphatic carbocycles. The highest BCUT2D eigenvalue weighted by Crippen LogP contribution is 2.51. The highest BCUT2D eigenvalue weighted by Gasteiger charge is 2.35. The molecule has 1 N–H and O–H groups in total. The van der Waals surface area contributed by atoms with Crippen molar-refractivity contribution in [3.63, 3.8) is 0 Å². The van der Waals surface area contributed by atoms with Gasteiger partial charge in [-0.15, -0.1) is 0 Å². The van der Waals surface area contributed by atoms with E-state index in [4.69, 9.17) is 9.47 Å². The minimum absolute atomic E-state index is 0.00127. The summed E-state index contributed by atoms with van der Waals surface area (Å²) in [6, 6.07) is 4.36. The van der Waals surface area contributed by atoms with Crippen LogP contribution in [0.1, 0.15) is 5.56 Å². The molecule has 1 aromatic heterocycles. The Balaban J connectivity index is 2.03. The summed E-state index contributed by atoms with van der Waals surface area (Å²) in [5, 5.41) is -0.341. The fourth-order valence-corrected chi connectivity index (χ4v) is 6.50. The summed E-state index contributed by atoms with van der Waals surface area (Å²) >= 11 is 0. The van der Waals surface area contributed by atoms with Crippen molar-refractivity contribution >= 4 is 21.8 Å². The number of hydrogen-bond acceptors (Lipinski definition) is 4. The summed E-state index contributed by atoms with van der Waals surface area (Å²) < 4.78 is 81.3. The van der Waals surface area contributed by atoms with Crippen molar-refractivity contribution in [2.75, 3.05) is 26.1 Å². The van der Waals surface area contributed by atoms with Gasteiger partial charge >= 0.3 is 11.9 Å². The molecular weight excluding hydrogens is 471 g/mol. The van der Waals surface area contributed by atoms with Crippen LogP contribution in [0.2, 0.25) is 0 Å². The lowest BCUT2D eigenvalue weighted by molar-refractivity contribution is -0.137. The number of rotatable bonds is 5. The van der Waals surface area contributed by atoms with E-state index in [0.29, 0.717) is 12.1 Å². The molecule has 3 aromatic rings. The molecule has 0 fully saturated rings. The van der Waals surface area contributed by atoms with Gasteiger partial charge in [0, 0.05) is 28.7 Å². The molecule has 2 heterocycles. The van der Waals surface area contributed by atoms with E-state index in [1.807, 2.05) is 4.98 Å². The second-order valence-electron chi connectivity index (χ2n) is 7.45. The van der Waals surface area contributed by atoms with E-state index in [0.717, 1.165) is 16.7 Å². The predicted molar refractivity (Wildman–Crippen MR) is 112 cm³/mol. The largest absolute Gasteiger partial charge is 0.416 e. The van der Waals surface area contributed by atoms with Gasteiger partial charge in [-0.25, -0.2) is 13.6 Å². The average molecular weight is 490 g/mol. The van der Waals surface area contributed by atoms with Gasteiger partial charge in [-0.2, -0.15) is 24.1 Å². The van der Waals surface area contributed by atoms with Gasteiger partial charge in [-0.05, 0) is 24.3 Å². The number of methoxy groups -OCH3 is 1. The summed E-state index contributed by atoms with van der Waals surface area (Å²) in [4.78, 5) is 27.2. The Bertz CT molecular complexity index is 1320. The van der Waals surface area contributed by atoms with E-state index < -0.39 is 51.6 Å². The van der Waals surface area contributed by atoms with E-state index in [1.54, 1.807) is 0 Å². The van der Waals surface area contributed by atoms with Gasteiger partial charge in [0.2, 0.25) is 0 Å². The summed E-state index contributed by atoms with van der Waals surface area (Å²) in [5.74, 6) is -1.72. The van der Waals surface area contributed by atoms with Crippen molar-refractivity contribution in [2.24, 2.45) is 0 Å². The van der Waals surface area contributed by atoms with Crippen molar-refractivity contribution < 1.29 is 31.4 Å². The lowest BCUT2D eigenvalue weighted by atomic mass is 10.1. The van der Waals surface area contributed by atoms with Crippen molar-refractivity contribution in [3.05, 3.63) is 68.4 Å². The van der Waals surface area contributed by atoms with Crippen LogP contribution in [0, 0.1) is 11.6 Å². The first-order valence-electron chi connectivity index (χ1n) is 9.81. The molecule has 0 saturated carbocycles. The maximum absolute atomic E-state index is 14.8. The number of alkyl halides is 3.